The topological polar surface area (TPSA) is 55.1 Å². The summed E-state index contributed by atoms with van der Waals surface area (Å²) in [6.45, 7) is 4.07. The number of rotatable bonds is 4. The first kappa shape index (κ1) is 16.2. The quantitative estimate of drug-likeness (QED) is 0.594. The summed E-state index contributed by atoms with van der Waals surface area (Å²) in [5.41, 5.74) is 4.18. The van der Waals surface area contributed by atoms with Crippen LogP contribution in [0.4, 0.5) is 10.3 Å². The second-order valence-corrected chi connectivity index (χ2v) is 6.33. The van der Waals surface area contributed by atoms with E-state index in [1.807, 2.05) is 48.8 Å². The van der Waals surface area contributed by atoms with Gasteiger partial charge >= 0.3 is 0 Å². The molecule has 0 aliphatic carbocycles. The minimum atomic E-state index is -0.274. The molecule has 0 spiro atoms. The summed E-state index contributed by atoms with van der Waals surface area (Å²) >= 11 is 0. The van der Waals surface area contributed by atoms with E-state index in [1.54, 1.807) is 18.3 Å². The van der Waals surface area contributed by atoms with Crippen molar-refractivity contribution >= 4 is 11.5 Å². The van der Waals surface area contributed by atoms with E-state index in [1.165, 1.54) is 12.1 Å². The van der Waals surface area contributed by atoms with E-state index >= 15 is 0 Å². The van der Waals surface area contributed by atoms with Gasteiger partial charge in [0.1, 0.15) is 11.5 Å². The summed E-state index contributed by atoms with van der Waals surface area (Å²) in [4.78, 5) is 8.94. The summed E-state index contributed by atoms with van der Waals surface area (Å²) in [6.07, 6.45) is 3.62. The lowest BCUT2D eigenvalue weighted by Crippen LogP contribution is -2.12. The molecule has 3 aromatic heterocycles. The number of fused-ring (bicyclic) bond motifs is 1. The standard InChI is InChI=1S/C20H18FN5/c1-13(2)23-20-22-11-10-16(24-20)18-17-5-3-4-12-26(17)25-19(18)14-6-8-15(21)9-7-14/h3-13H,1-2H3,(H,22,23,24). The number of halogens is 1. The van der Waals surface area contributed by atoms with Crippen molar-refractivity contribution in [2.75, 3.05) is 5.32 Å². The molecule has 5 nitrogen and oxygen atoms in total. The van der Waals surface area contributed by atoms with Gasteiger partial charge in [0.25, 0.3) is 0 Å². The fraction of sp³-hybridized carbons (Fsp3) is 0.150. The lowest BCUT2D eigenvalue weighted by atomic mass is 10.0. The molecule has 0 amide bonds. The van der Waals surface area contributed by atoms with Gasteiger partial charge in [0.2, 0.25) is 5.95 Å². The number of hydrogen-bond donors (Lipinski definition) is 1. The summed E-state index contributed by atoms with van der Waals surface area (Å²) < 4.78 is 15.2. The van der Waals surface area contributed by atoms with E-state index in [9.17, 15) is 4.39 Å². The zero-order valence-electron chi connectivity index (χ0n) is 14.5. The lowest BCUT2D eigenvalue weighted by Gasteiger charge is -2.09. The van der Waals surface area contributed by atoms with Gasteiger partial charge in [-0.3, -0.25) is 0 Å². The number of aromatic nitrogens is 4. The molecule has 0 radical (unpaired) electrons. The van der Waals surface area contributed by atoms with Crippen molar-refractivity contribution in [1.82, 2.24) is 19.6 Å². The Kier molecular flexibility index (Phi) is 4.08. The van der Waals surface area contributed by atoms with Gasteiger partial charge in [-0.25, -0.2) is 18.9 Å². The molecule has 0 atom stereocenters. The predicted octanol–water partition coefficient (Wildman–Crippen LogP) is 4.42. The fourth-order valence-electron chi connectivity index (χ4n) is 2.89. The Morgan fingerprint density at radius 3 is 2.62 bits per heavy atom. The van der Waals surface area contributed by atoms with Crippen molar-refractivity contribution in [3.8, 4) is 22.5 Å². The molecular formula is C20H18FN5. The molecule has 0 bridgehead atoms. The zero-order valence-corrected chi connectivity index (χ0v) is 14.5. The number of hydrogen-bond acceptors (Lipinski definition) is 4. The lowest BCUT2D eigenvalue weighted by molar-refractivity contribution is 0.628. The van der Waals surface area contributed by atoms with Gasteiger partial charge < -0.3 is 5.32 Å². The molecule has 0 saturated carbocycles. The molecule has 0 unspecified atom stereocenters. The first-order valence-electron chi connectivity index (χ1n) is 8.45. The number of nitrogens with zero attached hydrogens (tertiary/aromatic N) is 4. The van der Waals surface area contributed by atoms with Gasteiger partial charge in [0.05, 0.1) is 16.8 Å². The van der Waals surface area contributed by atoms with Gasteiger partial charge in [0, 0.05) is 24.0 Å². The largest absolute Gasteiger partial charge is 0.352 e. The molecule has 3 heterocycles. The summed E-state index contributed by atoms with van der Waals surface area (Å²) in [7, 11) is 0. The van der Waals surface area contributed by atoms with Crippen LogP contribution in [0, 0.1) is 5.82 Å². The highest BCUT2D eigenvalue weighted by Gasteiger charge is 2.18. The molecule has 4 rings (SSSR count). The highest BCUT2D eigenvalue weighted by molar-refractivity contribution is 5.90. The first-order chi connectivity index (χ1) is 12.6. The molecule has 130 valence electrons. The van der Waals surface area contributed by atoms with E-state index < -0.39 is 0 Å². The molecule has 0 fully saturated rings. The molecule has 0 saturated heterocycles. The van der Waals surface area contributed by atoms with Gasteiger partial charge in [0.15, 0.2) is 0 Å². The van der Waals surface area contributed by atoms with Gasteiger partial charge in [-0.2, -0.15) is 5.10 Å². The van der Waals surface area contributed by atoms with Gasteiger partial charge in [-0.1, -0.05) is 6.07 Å². The number of nitrogens with one attached hydrogen (secondary N) is 1. The van der Waals surface area contributed by atoms with E-state index in [0.29, 0.717) is 5.95 Å². The highest BCUT2D eigenvalue weighted by atomic mass is 19.1. The van der Waals surface area contributed by atoms with Crippen molar-refractivity contribution in [2.45, 2.75) is 19.9 Å². The molecule has 6 heteroatoms. The van der Waals surface area contributed by atoms with Crippen molar-refractivity contribution in [3.05, 3.63) is 66.7 Å². The average molecular weight is 347 g/mol. The number of benzene rings is 1. The van der Waals surface area contributed by atoms with Crippen LogP contribution in [0.1, 0.15) is 13.8 Å². The molecule has 1 N–H and O–H groups in total. The normalized spacial score (nSPS) is 11.2. The third kappa shape index (κ3) is 3.01. The Labute approximate surface area is 150 Å². The number of anilines is 1. The number of pyridine rings is 1. The summed E-state index contributed by atoms with van der Waals surface area (Å²) in [6, 6.07) is 14.3. The van der Waals surface area contributed by atoms with Crippen LogP contribution in [0.5, 0.6) is 0 Å². The highest BCUT2D eigenvalue weighted by Crippen LogP contribution is 2.34. The van der Waals surface area contributed by atoms with Crippen LogP contribution in [0.2, 0.25) is 0 Å². The minimum Gasteiger partial charge on any atom is -0.352 e. The first-order valence-corrected chi connectivity index (χ1v) is 8.45. The zero-order chi connectivity index (χ0) is 18.1. The van der Waals surface area contributed by atoms with E-state index in [-0.39, 0.29) is 11.9 Å². The van der Waals surface area contributed by atoms with E-state index in [0.717, 1.165) is 28.0 Å². The molecule has 4 aromatic rings. The molecular weight excluding hydrogens is 329 g/mol. The SMILES string of the molecule is CC(C)Nc1nccc(-c2c(-c3ccc(F)cc3)nn3ccccc23)n1. The van der Waals surface area contributed by atoms with Gasteiger partial charge in [-0.15, -0.1) is 0 Å². The van der Waals surface area contributed by atoms with Crippen molar-refractivity contribution in [2.24, 2.45) is 0 Å². The Bertz CT molecular complexity index is 1050. The van der Waals surface area contributed by atoms with Crippen LogP contribution in [0.3, 0.4) is 0 Å². The van der Waals surface area contributed by atoms with Crippen molar-refractivity contribution in [1.29, 1.82) is 0 Å². The van der Waals surface area contributed by atoms with Crippen molar-refractivity contribution < 1.29 is 4.39 Å². The monoisotopic (exact) mass is 347 g/mol. The van der Waals surface area contributed by atoms with Crippen LogP contribution in [-0.4, -0.2) is 25.6 Å². The minimum absolute atomic E-state index is 0.228. The Morgan fingerprint density at radius 2 is 1.85 bits per heavy atom. The van der Waals surface area contributed by atoms with Crippen LogP contribution in [-0.2, 0) is 0 Å². The van der Waals surface area contributed by atoms with E-state index in [4.69, 9.17) is 5.10 Å². The summed E-state index contributed by atoms with van der Waals surface area (Å²) in [5.74, 6) is 0.294. The Hall–Kier alpha value is -3.28. The van der Waals surface area contributed by atoms with Gasteiger partial charge in [-0.05, 0) is 56.3 Å². The maximum absolute atomic E-state index is 13.4. The second-order valence-electron chi connectivity index (χ2n) is 6.33. The smallest absolute Gasteiger partial charge is 0.223 e. The van der Waals surface area contributed by atoms with Crippen LogP contribution < -0.4 is 5.32 Å². The second kappa shape index (κ2) is 6.55. The van der Waals surface area contributed by atoms with E-state index in [2.05, 4.69) is 15.3 Å². The predicted molar refractivity (Wildman–Crippen MR) is 100 cm³/mol. The maximum Gasteiger partial charge on any atom is 0.223 e. The van der Waals surface area contributed by atoms with Crippen molar-refractivity contribution in [3.63, 3.8) is 0 Å². The Morgan fingerprint density at radius 1 is 1.04 bits per heavy atom. The Balaban J connectivity index is 1.93. The van der Waals surface area contributed by atoms with Crippen LogP contribution in [0.15, 0.2) is 60.9 Å². The molecule has 26 heavy (non-hydrogen) atoms. The van der Waals surface area contributed by atoms with Crippen LogP contribution in [0.25, 0.3) is 28.0 Å². The fourth-order valence-corrected chi connectivity index (χ4v) is 2.89. The molecule has 1 aromatic carbocycles. The third-order valence-corrected chi connectivity index (χ3v) is 3.99. The molecule has 0 aliphatic rings. The third-order valence-electron chi connectivity index (χ3n) is 3.99. The molecule has 0 aliphatic heterocycles. The average Bonchev–Trinajstić information content (AvgIpc) is 3.01. The maximum atomic E-state index is 13.4. The summed E-state index contributed by atoms with van der Waals surface area (Å²) in [5, 5.41) is 7.92. The van der Waals surface area contributed by atoms with Crippen LogP contribution >= 0.6 is 0 Å².